The zero-order valence-corrected chi connectivity index (χ0v) is 15.5. The summed E-state index contributed by atoms with van der Waals surface area (Å²) >= 11 is 0. The van der Waals surface area contributed by atoms with Crippen LogP contribution in [0.2, 0.25) is 0 Å². The van der Waals surface area contributed by atoms with Crippen LogP contribution >= 0.6 is 6.60 Å². The van der Waals surface area contributed by atoms with Crippen molar-refractivity contribution in [1.29, 1.82) is 0 Å². The monoisotopic (exact) mass is 288 g/mol. The van der Waals surface area contributed by atoms with E-state index in [0.29, 0.717) is 0 Å². The molecule has 0 aliphatic heterocycles. The Morgan fingerprint density at radius 3 is 1.11 bits per heavy atom. The van der Waals surface area contributed by atoms with Gasteiger partial charge in [-0.2, -0.15) is 0 Å². The summed E-state index contributed by atoms with van der Waals surface area (Å²) in [6.07, 6.45) is 19.3. The van der Waals surface area contributed by atoms with E-state index in [1.807, 2.05) is 0 Å². The third-order valence-corrected chi connectivity index (χ3v) is 11.9. The van der Waals surface area contributed by atoms with Gasteiger partial charge < -0.3 is 0 Å². The van der Waals surface area contributed by atoms with Crippen molar-refractivity contribution in [2.45, 2.75) is 85.5 Å². The summed E-state index contributed by atoms with van der Waals surface area (Å²) in [5, 5.41) is 0. The summed E-state index contributed by atoms with van der Waals surface area (Å²) < 4.78 is 0. The van der Waals surface area contributed by atoms with Crippen LogP contribution in [0.1, 0.15) is 85.5 Å². The van der Waals surface area contributed by atoms with Crippen LogP contribution in [0.5, 0.6) is 0 Å². The van der Waals surface area contributed by atoms with E-state index in [2.05, 4.69) is 34.4 Å². The molecule has 0 unspecified atom stereocenters. The molecule has 0 amide bonds. The van der Waals surface area contributed by atoms with E-state index < -0.39 is 6.60 Å². The molecule has 1 heteroatoms. The van der Waals surface area contributed by atoms with Crippen LogP contribution in [0.4, 0.5) is 0 Å². The first-order chi connectivity index (χ1) is 9.04. The Balaban J connectivity index is 4.81. The molecular formula is C18H41P. The normalized spacial score (nSPS) is 14.3. The Kier molecular flexibility index (Phi) is 10.4. The van der Waals surface area contributed by atoms with Gasteiger partial charge in [0.1, 0.15) is 0 Å². The fourth-order valence-electron chi connectivity index (χ4n) is 3.48. The SMILES string of the molecule is CCCCCP(C)(CCCC)(CCCC)CCCC. The summed E-state index contributed by atoms with van der Waals surface area (Å²) in [4.78, 5) is 0. The fourth-order valence-corrected chi connectivity index (χ4v) is 9.94. The standard InChI is InChI=1S/C18H41P/c1-6-10-14-18-19(5,15-11-7-2,16-12-8-3)17-13-9-4/h6-18H2,1-5H3. The summed E-state index contributed by atoms with van der Waals surface area (Å²) in [5.74, 6) is 0. The topological polar surface area (TPSA) is 0 Å². The molecule has 0 aromatic rings. The van der Waals surface area contributed by atoms with Gasteiger partial charge in [0.25, 0.3) is 0 Å². The van der Waals surface area contributed by atoms with E-state index in [0.717, 1.165) is 0 Å². The van der Waals surface area contributed by atoms with Crippen molar-refractivity contribution >= 4 is 6.60 Å². The average molecular weight is 288 g/mol. The summed E-state index contributed by atoms with van der Waals surface area (Å²) in [7, 11) is 0. The molecule has 118 valence electrons. The summed E-state index contributed by atoms with van der Waals surface area (Å²) in [6.45, 7) is 10.8. The third-order valence-electron chi connectivity index (χ3n) is 5.09. The van der Waals surface area contributed by atoms with Crippen molar-refractivity contribution in [1.82, 2.24) is 0 Å². The van der Waals surface area contributed by atoms with Crippen LogP contribution in [0.3, 0.4) is 0 Å². The fraction of sp³-hybridized carbons (Fsp3) is 1.00. The second kappa shape index (κ2) is 10.2. The molecule has 0 radical (unpaired) electrons. The van der Waals surface area contributed by atoms with Gasteiger partial charge in [-0.1, -0.05) is 0 Å². The first kappa shape index (κ1) is 19.4. The van der Waals surface area contributed by atoms with E-state index in [-0.39, 0.29) is 0 Å². The first-order valence-electron chi connectivity index (χ1n) is 9.04. The molecule has 0 bridgehead atoms. The van der Waals surface area contributed by atoms with Crippen molar-refractivity contribution in [2.75, 3.05) is 31.3 Å². The molecule has 0 aromatic heterocycles. The van der Waals surface area contributed by atoms with Crippen LogP contribution in [0, 0.1) is 0 Å². The second-order valence-electron chi connectivity index (χ2n) is 7.27. The number of hydrogen-bond acceptors (Lipinski definition) is 0. The molecule has 0 fully saturated rings. The van der Waals surface area contributed by atoms with Gasteiger partial charge in [-0.05, 0) is 0 Å². The van der Waals surface area contributed by atoms with Gasteiger partial charge >= 0.3 is 123 Å². The van der Waals surface area contributed by atoms with E-state index in [9.17, 15) is 0 Å². The zero-order valence-electron chi connectivity index (χ0n) is 14.6. The predicted molar refractivity (Wildman–Crippen MR) is 96.6 cm³/mol. The number of rotatable bonds is 13. The number of hydrogen-bond donors (Lipinski definition) is 0. The predicted octanol–water partition coefficient (Wildman–Crippen LogP) is 6.76. The van der Waals surface area contributed by atoms with Gasteiger partial charge in [0.2, 0.25) is 0 Å². The molecule has 0 heterocycles. The van der Waals surface area contributed by atoms with Crippen molar-refractivity contribution in [2.24, 2.45) is 0 Å². The third kappa shape index (κ3) is 7.69. The van der Waals surface area contributed by atoms with E-state index >= 15 is 0 Å². The van der Waals surface area contributed by atoms with Crippen LogP contribution in [-0.4, -0.2) is 31.3 Å². The molecule has 0 nitrogen and oxygen atoms in total. The van der Waals surface area contributed by atoms with Crippen LogP contribution in [0.15, 0.2) is 0 Å². The summed E-state index contributed by atoms with van der Waals surface area (Å²) in [6, 6.07) is 0. The Labute approximate surface area is 124 Å². The van der Waals surface area contributed by atoms with Crippen molar-refractivity contribution < 1.29 is 0 Å². The second-order valence-corrected chi connectivity index (χ2v) is 14.3. The number of unbranched alkanes of at least 4 members (excludes halogenated alkanes) is 5. The maximum absolute atomic E-state index is 2.78. The molecule has 0 rings (SSSR count). The van der Waals surface area contributed by atoms with Gasteiger partial charge in [-0.15, -0.1) is 0 Å². The molecule has 0 saturated carbocycles. The van der Waals surface area contributed by atoms with E-state index in [1.54, 1.807) is 24.6 Å². The Hall–Kier alpha value is 0.430. The molecular weight excluding hydrogens is 247 g/mol. The Bertz CT molecular complexity index is 185. The van der Waals surface area contributed by atoms with Gasteiger partial charge in [0.15, 0.2) is 0 Å². The van der Waals surface area contributed by atoms with Gasteiger partial charge in [-0.25, -0.2) is 0 Å². The molecule has 0 aliphatic carbocycles. The Morgan fingerprint density at radius 2 is 0.789 bits per heavy atom. The first-order valence-corrected chi connectivity index (χ1v) is 12.5. The molecule has 0 aromatic carbocycles. The quantitative estimate of drug-likeness (QED) is 0.259. The van der Waals surface area contributed by atoms with E-state index in [4.69, 9.17) is 0 Å². The molecule has 0 N–H and O–H groups in total. The summed E-state index contributed by atoms with van der Waals surface area (Å²) in [5.41, 5.74) is 0. The van der Waals surface area contributed by atoms with Crippen LogP contribution in [-0.2, 0) is 0 Å². The van der Waals surface area contributed by atoms with Crippen molar-refractivity contribution in [3.8, 4) is 0 Å². The van der Waals surface area contributed by atoms with Crippen molar-refractivity contribution in [3.05, 3.63) is 0 Å². The van der Waals surface area contributed by atoms with Crippen LogP contribution < -0.4 is 0 Å². The van der Waals surface area contributed by atoms with Crippen LogP contribution in [0.25, 0.3) is 0 Å². The minimum absolute atomic E-state index is 1.38. The van der Waals surface area contributed by atoms with E-state index in [1.165, 1.54) is 57.8 Å². The molecule has 0 spiro atoms. The maximum atomic E-state index is 2.78. The van der Waals surface area contributed by atoms with Crippen molar-refractivity contribution in [3.63, 3.8) is 0 Å². The average Bonchev–Trinajstić information content (AvgIpc) is 2.42. The van der Waals surface area contributed by atoms with Gasteiger partial charge in [0.05, 0.1) is 0 Å². The molecule has 0 atom stereocenters. The van der Waals surface area contributed by atoms with Gasteiger partial charge in [0, 0.05) is 0 Å². The minimum atomic E-state index is -1.38. The Morgan fingerprint density at radius 1 is 0.474 bits per heavy atom. The molecule has 19 heavy (non-hydrogen) atoms. The zero-order chi connectivity index (χ0) is 14.6. The molecule has 0 aliphatic rings. The molecule has 0 saturated heterocycles. The van der Waals surface area contributed by atoms with Gasteiger partial charge in [-0.3, -0.25) is 0 Å².